The van der Waals surface area contributed by atoms with Gasteiger partial charge in [0.25, 0.3) is 0 Å². The Morgan fingerprint density at radius 1 is 1.06 bits per heavy atom. The van der Waals surface area contributed by atoms with Gasteiger partial charge in [0.1, 0.15) is 12.2 Å². The van der Waals surface area contributed by atoms with E-state index in [2.05, 4.69) is 0 Å². The van der Waals surface area contributed by atoms with Crippen molar-refractivity contribution >= 4 is 6.03 Å². The Kier molecular flexibility index (Phi) is 4.20. The van der Waals surface area contributed by atoms with Crippen LogP contribution >= 0.6 is 0 Å². The summed E-state index contributed by atoms with van der Waals surface area (Å²) >= 11 is 0. The van der Waals surface area contributed by atoms with Crippen LogP contribution in [0.2, 0.25) is 0 Å². The summed E-state index contributed by atoms with van der Waals surface area (Å²) in [4.78, 5) is 15.8. The summed E-state index contributed by atoms with van der Waals surface area (Å²) < 4.78 is 15.9. The number of amides is 2. The zero-order valence-electron chi connectivity index (χ0n) is 10.4. The zero-order chi connectivity index (χ0) is 12.3. The van der Waals surface area contributed by atoms with Crippen LogP contribution < -0.4 is 0 Å². The van der Waals surface area contributed by atoms with Crippen LogP contribution in [-0.2, 0) is 14.2 Å². The van der Waals surface area contributed by atoms with Crippen molar-refractivity contribution in [2.45, 2.75) is 12.2 Å². The third kappa shape index (κ3) is 2.70. The molecule has 17 heavy (non-hydrogen) atoms. The monoisotopic (exact) mass is 244 g/mol. The van der Waals surface area contributed by atoms with Gasteiger partial charge in [0, 0.05) is 27.3 Å². The summed E-state index contributed by atoms with van der Waals surface area (Å²) in [6.07, 6.45) is -0.0463. The number of likely N-dealkylation sites (tertiary alicyclic amines) is 1. The molecule has 2 fully saturated rings. The van der Waals surface area contributed by atoms with Crippen LogP contribution in [-0.4, -0.2) is 81.7 Å². The fourth-order valence-corrected chi connectivity index (χ4v) is 2.31. The lowest BCUT2D eigenvalue weighted by atomic mass is 10.3. The van der Waals surface area contributed by atoms with Gasteiger partial charge in [0.15, 0.2) is 0 Å². The molecule has 0 saturated carbocycles. The molecule has 2 aliphatic rings. The number of urea groups is 1. The number of carbonyl (C=O) groups excluding carboxylic acids is 1. The highest BCUT2D eigenvalue weighted by Crippen LogP contribution is 2.17. The smallest absolute Gasteiger partial charge is 0.320 e. The maximum absolute atomic E-state index is 12.2. The Labute approximate surface area is 101 Å². The lowest BCUT2D eigenvalue weighted by molar-refractivity contribution is -0.00461. The number of morpholine rings is 1. The minimum atomic E-state index is -0.0232. The molecule has 6 nitrogen and oxygen atoms in total. The Morgan fingerprint density at radius 3 is 2.06 bits per heavy atom. The van der Waals surface area contributed by atoms with Crippen molar-refractivity contribution < 1.29 is 19.0 Å². The van der Waals surface area contributed by atoms with Crippen LogP contribution in [0.5, 0.6) is 0 Å². The van der Waals surface area contributed by atoms with E-state index in [-0.39, 0.29) is 18.2 Å². The standard InChI is InChI=1S/C11H20N2O4/c1-15-9-7-13(8-10(9)16-2)11(14)12-3-5-17-6-4-12/h9-10H,3-8H2,1-2H3. The molecule has 2 unspecified atom stereocenters. The second-order valence-corrected chi connectivity index (χ2v) is 4.34. The van der Waals surface area contributed by atoms with Gasteiger partial charge in [-0.1, -0.05) is 0 Å². The Bertz CT molecular complexity index is 256. The number of ether oxygens (including phenoxy) is 3. The molecule has 0 radical (unpaired) electrons. The third-order valence-electron chi connectivity index (χ3n) is 3.37. The van der Waals surface area contributed by atoms with Crippen LogP contribution in [0.15, 0.2) is 0 Å². The molecular weight excluding hydrogens is 224 g/mol. The van der Waals surface area contributed by atoms with E-state index >= 15 is 0 Å². The molecule has 2 saturated heterocycles. The van der Waals surface area contributed by atoms with E-state index in [0.29, 0.717) is 39.4 Å². The van der Waals surface area contributed by atoms with E-state index in [1.165, 1.54) is 0 Å². The van der Waals surface area contributed by atoms with E-state index in [1.54, 1.807) is 19.1 Å². The van der Waals surface area contributed by atoms with Crippen molar-refractivity contribution in [2.75, 3.05) is 53.6 Å². The molecule has 98 valence electrons. The van der Waals surface area contributed by atoms with E-state index in [1.807, 2.05) is 4.90 Å². The van der Waals surface area contributed by atoms with Crippen molar-refractivity contribution in [1.29, 1.82) is 0 Å². The molecule has 0 aromatic carbocycles. The molecule has 2 heterocycles. The molecule has 0 bridgehead atoms. The lowest BCUT2D eigenvalue weighted by Crippen LogP contribution is -2.47. The highest BCUT2D eigenvalue weighted by molar-refractivity contribution is 5.75. The van der Waals surface area contributed by atoms with Crippen molar-refractivity contribution in [2.24, 2.45) is 0 Å². The largest absolute Gasteiger partial charge is 0.378 e. The van der Waals surface area contributed by atoms with E-state index in [4.69, 9.17) is 14.2 Å². The number of hydrogen-bond donors (Lipinski definition) is 0. The Morgan fingerprint density at radius 2 is 1.59 bits per heavy atom. The molecule has 2 amide bonds. The molecule has 0 aliphatic carbocycles. The lowest BCUT2D eigenvalue weighted by Gasteiger charge is -2.30. The van der Waals surface area contributed by atoms with Gasteiger partial charge in [-0.3, -0.25) is 0 Å². The average Bonchev–Trinajstić information content (AvgIpc) is 2.82. The first kappa shape index (κ1) is 12.6. The molecule has 2 atom stereocenters. The van der Waals surface area contributed by atoms with Crippen LogP contribution in [0.4, 0.5) is 4.79 Å². The molecule has 0 aromatic heterocycles. The van der Waals surface area contributed by atoms with Crippen molar-refractivity contribution in [3.05, 3.63) is 0 Å². The van der Waals surface area contributed by atoms with Crippen LogP contribution in [0.25, 0.3) is 0 Å². The van der Waals surface area contributed by atoms with Crippen molar-refractivity contribution in [1.82, 2.24) is 9.80 Å². The predicted octanol–water partition coefficient (Wildman–Crippen LogP) is -0.216. The number of carbonyl (C=O) groups is 1. The van der Waals surface area contributed by atoms with E-state index in [0.717, 1.165) is 0 Å². The summed E-state index contributed by atoms with van der Waals surface area (Å²) in [7, 11) is 3.30. The number of rotatable bonds is 2. The van der Waals surface area contributed by atoms with Crippen molar-refractivity contribution in [3.8, 4) is 0 Å². The first-order chi connectivity index (χ1) is 8.26. The molecule has 0 aromatic rings. The minimum absolute atomic E-state index is 0.0232. The van der Waals surface area contributed by atoms with Gasteiger partial charge in [-0.25, -0.2) is 4.79 Å². The molecular formula is C11H20N2O4. The minimum Gasteiger partial charge on any atom is -0.378 e. The van der Waals surface area contributed by atoms with Crippen molar-refractivity contribution in [3.63, 3.8) is 0 Å². The maximum atomic E-state index is 12.2. The number of methoxy groups -OCH3 is 2. The third-order valence-corrected chi connectivity index (χ3v) is 3.37. The molecule has 0 spiro atoms. The fraction of sp³-hybridized carbons (Fsp3) is 0.909. The molecule has 0 N–H and O–H groups in total. The van der Waals surface area contributed by atoms with E-state index < -0.39 is 0 Å². The molecule has 6 heteroatoms. The van der Waals surface area contributed by atoms with Gasteiger partial charge >= 0.3 is 6.03 Å². The van der Waals surface area contributed by atoms with Gasteiger partial charge in [-0.05, 0) is 0 Å². The quantitative estimate of drug-likeness (QED) is 0.674. The van der Waals surface area contributed by atoms with E-state index in [9.17, 15) is 4.79 Å². The summed E-state index contributed by atoms with van der Waals surface area (Å²) in [5.41, 5.74) is 0. The summed E-state index contributed by atoms with van der Waals surface area (Å²) in [5.74, 6) is 0. The van der Waals surface area contributed by atoms with Gasteiger partial charge in [0.05, 0.1) is 26.3 Å². The normalized spacial score (nSPS) is 29.8. The molecule has 2 aliphatic heterocycles. The Hall–Kier alpha value is -0.850. The second-order valence-electron chi connectivity index (χ2n) is 4.34. The first-order valence-corrected chi connectivity index (χ1v) is 5.93. The SMILES string of the molecule is COC1CN(C(=O)N2CCOCC2)CC1OC. The highest BCUT2D eigenvalue weighted by atomic mass is 16.5. The average molecular weight is 244 g/mol. The topological polar surface area (TPSA) is 51.2 Å². The summed E-state index contributed by atoms with van der Waals surface area (Å²) in [5, 5.41) is 0. The Balaban J connectivity index is 1.92. The summed E-state index contributed by atoms with van der Waals surface area (Å²) in [6.45, 7) is 3.80. The maximum Gasteiger partial charge on any atom is 0.320 e. The fourth-order valence-electron chi connectivity index (χ4n) is 2.31. The summed E-state index contributed by atoms with van der Waals surface area (Å²) in [6, 6.07) is 0.0647. The van der Waals surface area contributed by atoms with Crippen LogP contribution in [0.1, 0.15) is 0 Å². The van der Waals surface area contributed by atoms with Gasteiger partial charge in [0.2, 0.25) is 0 Å². The number of hydrogen-bond acceptors (Lipinski definition) is 4. The molecule has 2 rings (SSSR count). The van der Waals surface area contributed by atoms with Gasteiger partial charge in [-0.2, -0.15) is 0 Å². The predicted molar refractivity (Wildman–Crippen MR) is 61.0 cm³/mol. The zero-order valence-corrected chi connectivity index (χ0v) is 10.4. The van der Waals surface area contributed by atoms with Crippen LogP contribution in [0, 0.1) is 0 Å². The number of nitrogens with zero attached hydrogens (tertiary/aromatic N) is 2. The van der Waals surface area contributed by atoms with Gasteiger partial charge in [-0.15, -0.1) is 0 Å². The highest BCUT2D eigenvalue weighted by Gasteiger charge is 2.37. The van der Waals surface area contributed by atoms with Gasteiger partial charge < -0.3 is 24.0 Å². The second kappa shape index (κ2) is 5.66. The first-order valence-electron chi connectivity index (χ1n) is 5.93. The van der Waals surface area contributed by atoms with Crippen LogP contribution in [0.3, 0.4) is 0 Å².